The standard InChI is InChI=1S/C33H30N2O9S3/c1-21-19-27(45(36,37)38)15-17-30(21)34-25-11-7-23(8-12-25)33(29-5-3-4-6-32(29)47(42,43)44)24-9-13-26(14-10-24)35-31-18-16-28(20-22(31)2)46(39,40)41/h3-20,33-35H,1-2H3,(H,36,37,38)(H,39,40,41)(H,42,43,44). The van der Waals surface area contributed by atoms with Crippen molar-refractivity contribution in [2.45, 2.75) is 34.5 Å². The quantitative estimate of drug-likeness (QED) is 0.0772. The van der Waals surface area contributed by atoms with Crippen LogP contribution in [0.25, 0.3) is 0 Å². The number of rotatable bonds is 10. The molecular weight excluding hydrogens is 665 g/mol. The minimum absolute atomic E-state index is 0.220. The maximum atomic E-state index is 12.4. The molecule has 0 spiro atoms. The first-order valence-electron chi connectivity index (χ1n) is 14.0. The molecule has 5 rings (SSSR count). The van der Waals surface area contributed by atoms with Gasteiger partial charge in [-0.1, -0.05) is 42.5 Å². The monoisotopic (exact) mass is 694 g/mol. The molecule has 0 bridgehead atoms. The molecule has 0 heterocycles. The van der Waals surface area contributed by atoms with Gasteiger partial charge in [0.1, 0.15) is 0 Å². The van der Waals surface area contributed by atoms with Crippen molar-refractivity contribution in [2.24, 2.45) is 0 Å². The number of hydrogen-bond donors (Lipinski definition) is 5. The van der Waals surface area contributed by atoms with Gasteiger partial charge in [0.05, 0.1) is 14.7 Å². The molecule has 11 nitrogen and oxygen atoms in total. The summed E-state index contributed by atoms with van der Waals surface area (Å²) in [4.78, 5) is -0.677. The first-order valence-corrected chi connectivity index (χ1v) is 18.3. The Balaban J connectivity index is 1.49. The first-order chi connectivity index (χ1) is 22.0. The van der Waals surface area contributed by atoms with Gasteiger partial charge in [-0.3, -0.25) is 13.7 Å². The van der Waals surface area contributed by atoms with Gasteiger partial charge in [-0.05, 0) is 108 Å². The molecule has 0 amide bonds. The zero-order valence-electron chi connectivity index (χ0n) is 25.0. The first kappa shape index (κ1) is 33.8. The van der Waals surface area contributed by atoms with Crippen molar-refractivity contribution in [3.05, 3.63) is 137 Å². The van der Waals surface area contributed by atoms with E-state index in [-0.39, 0.29) is 14.7 Å². The summed E-state index contributed by atoms with van der Waals surface area (Å²) in [5.74, 6) is -0.622. The van der Waals surface area contributed by atoms with Crippen LogP contribution in [0, 0.1) is 13.8 Å². The van der Waals surface area contributed by atoms with E-state index in [9.17, 15) is 38.9 Å². The summed E-state index contributed by atoms with van der Waals surface area (Å²) in [6.45, 7) is 3.39. The van der Waals surface area contributed by atoms with Gasteiger partial charge in [-0.2, -0.15) is 25.3 Å². The molecule has 0 atom stereocenters. The Hall–Kier alpha value is -4.57. The second kappa shape index (κ2) is 12.9. The van der Waals surface area contributed by atoms with Crippen LogP contribution >= 0.6 is 0 Å². The zero-order chi connectivity index (χ0) is 34.1. The highest BCUT2D eigenvalue weighted by Crippen LogP contribution is 2.37. The summed E-state index contributed by atoms with van der Waals surface area (Å²) in [6, 6.07) is 28.9. The summed E-state index contributed by atoms with van der Waals surface area (Å²) >= 11 is 0. The molecule has 47 heavy (non-hydrogen) atoms. The van der Waals surface area contributed by atoms with Crippen molar-refractivity contribution in [1.82, 2.24) is 0 Å². The SMILES string of the molecule is Cc1cc(S(=O)(=O)O)ccc1Nc1ccc(C(c2ccc(Nc3ccc(S(=O)(=O)O)cc3C)cc2)c2ccccc2S(=O)(=O)O)cc1. The van der Waals surface area contributed by atoms with E-state index >= 15 is 0 Å². The molecule has 5 aromatic carbocycles. The normalized spacial score (nSPS) is 12.2. The van der Waals surface area contributed by atoms with Gasteiger partial charge in [0.25, 0.3) is 30.4 Å². The summed E-state index contributed by atoms with van der Waals surface area (Å²) in [5.41, 5.74) is 5.50. The van der Waals surface area contributed by atoms with Crippen LogP contribution in [0.4, 0.5) is 22.7 Å². The van der Waals surface area contributed by atoms with Crippen molar-refractivity contribution >= 4 is 53.1 Å². The van der Waals surface area contributed by atoms with Crippen LogP contribution in [0.15, 0.2) is 124 Å². The van der Waals surface area contributed by atoms with Crippen LogP contribution in [-0.4, -0.2) is 38.9 Å². The highest BCUT2D eigenvalue weighted by atomic mass is 32.2. The molecule has 0 aromatic heterocycles. The fourth-order valence-electron chi connectivity index (χ4n) is 5.21. The van der Waals surface area contributed by atoms with Crippen molar-refractivity contribution in [3.8, 4) is 0 Å². The third-order valence-corrected chi connectivity index (χ3v) is 10.2. The van der Waals surface area contributed by atoms with Crippen LogP contribution in [0.1, 0.15) is 33.7 Å². The summed E-state index contributed by atoms with van der Waals surface area (Å²) in [7, 11) is -13.3. The average molecular weight is 695 g/mol. The Kier molecular flexibility index (Phi) is 9.28. The second-order valence-electron chi connectivity index (χ2n) is 10.8. The molecule has 0 aliphatic rings. The molecule has 0 radical (unpaired) electrons. The van der Waals surface area contributed by atoms with E-state index < -0.39 is 36.3 Å². The maximum absolute atomic E-state index is 12.4. The lowest BCUT2D eigenvalue weighted by Gasteiger charge is -2.22. The Morgan fingerprint density at radius 2 is 0.915 bits per heavy atom. The van der Waals surface area contributed by atoms with E-state index in [1.165, 1.54) is 48.5 Å². The van der Waals surface area contributed by atoms with E-state index in [4.69, 9.17) is 0 Å². The number of anilines is 4. The molecule has 5 N–H and O–H groups in total. The second-order valence-corrected chi connectivity index (χ2v) is 15.1. The maximum Gasteiger partial charge on any atom is 0.294 e. The Morgan fingerprint density at radius 1 is 0.511 bits per heavy atom. The predicted octanol–water partition coefficient (Wildman–Crippen LogP) is 6.71. The van der Waals surface area contributed by atoms with Crippen molar-refractivity contribution in [3.63, 3.8) is 0 Å². The van der Waals surface area contributed by atoms with E-state index in [1.54, 1.807) is 50.2 Å². The van der Waals surface area contributed by atoms with Crippen LogP contribution in [0.3, 0.4) is 0 Å². The van der Waals surface area contributed by atoms with Gasteiger partial charge in [0.15, 0.2) is 0 Å². The molecule has 0 aliphatic carbocycles. The minimum atomic E-state index is -4.58. The highest BCUT2D eigenvalue weighted by molar-refractivity contribution is 7.86. The fraction of sp³-hybridized carbons (Fsp3) is 0.0909. The van der Waals surface area contributed by atoms with E-state index in [0.717, 1.165) is 0 Å². The summed E-state index contributed by atoms with van der Waals surface area (Å²) in [5, 5.41) is 6.42. The molecule has 0 unspecified atom stereocenters. The van der Waals surface area contributed by atoms with Crippen molar-refractivity contribution in [1.29, 1.82) is 0 Å². The Labute approximate surface area is 273 Å². The molecule has 0 fully saturated rings. The molecule has 244 valence electrons. The smallest absolute Gasteiger partial charge is 0.294 e. The Morgan fingerprint density at radius 3 is 1.28 bits per heavy atom. The topological polar surface area (TPSA) is 187 Å². The van der Waals surface area contributed by atoms with Crippen molar-refractivity contribution in [2.75, 3.05) is 10.6 Å². The van der Waals surface area contributed by atoms with Crippen molar-refractivity contribution < 1.29 is 38.9 Å². The largest absolute Gasteiger partial charge is 0.355 e. The van der Waals surface area contributed by atoms with Gasteiger partial charge in [-0.15, -0.1) is 0 Å². The molecule has 0 saturated heterocycles. The highest BCUT2D eigenvalue weighted by Gasteiger charge is 2.25. The van der Waals surface area contributed by atoms with Gasteiger partial charge in [-0.25, -0.2) is 0 Å². The summed E-state index contributed by atoms with van der Waals surface area (Å²) in [6.07, 6.45) is 0. The predicted molar refractivity (Wildman–Crippen MR) is 179 cm³/mol. The Bertz CT molecular complexity index is 2160. The van der Waals surface area contributed by atoms with E-state index in [1.807, 2.05) is 24.3 Å². The lowest BCUT2D eigenvalue weighted by molar-refractivity contribution is 0.480. The van der Waals surface area contributed by atoms with Gasteiger partial charge in [0, 0.05) is 28.7 Å². The van der Waals surface area contributed by atoms with Crippen LogP contribution in [0.2, 0.25) is 0 Å². The van der Waals surface area contributed by atoms with Crippen LogP contribution < -0.4 is 10.6 Å². The van der Waals surface area contributed by atoms with E-state index in [0.29, 0.717) is 50.6 Å². The molecule has 14 heteroatoms. The number of benzene rings is 5. The van der Waals surface area contributed by atoms with Gasteiger partial charge < -0.3 is 10.6 Å². The summed E-state index contributed by atoms with van der Waals surface area (Å²) < 4.78 is 99.5. The molecule has 0 aliphatic heterocycles. The minimum Gasteiger partial charge on any atom is -0.355 e. The number of aryl methyl sites for hydroxylation is 2. The third kappa shape index (κ3) is 7.88. The number of hydrogen-bond acceptors (Lipinski definition) is 8. The van der Waals surface area contributed by atoms with Gasteiger partial charge >= 0.3 is 0 Å². The average Bonchev–Trinajstić information content (AvgIpc) is 3.00. The van der Waals surface area contributed by atoms with Gasteiger partial charge in [0.2, 0.25) is 0 Å². The lowest BCUT2D eigenvalue weighted by Crippen LogP contribution is -2.10. The van der Waals surface area contributed by atoms with Crippen LogP contribution in [-0.2, 0) is 30.4 Å². The fourth-order valence-corrected chi connectivity index (χ4v) is 7.07. The lowest BCUT2D eigenvalue weighted by atomic mass is 9.85. The molecule has 5 aromatic rings. The van der Waals surface area contributed by atoms with Crippen LogP contribution in [0.5, 0.6) is 0 Å². The number of nitrogens with one attached hydrogen (secondary N) is 2. The third-order valence-electron chi connectivity index (χ3n) is 7.55. The molecular formula is C33H30N2O9S3. The molecule has 0 saturated carbocycles. The van der Waals surface area contributed by atoms with E-state index in [2.05, 4.69) is 10.6 Å². The zero-order valence-corrected chi connectivity index (χ0v) is 27.4.